The predicted molar refractivity (Wildman–Crippen MR) is 62.4 cm³/mol. The van der Waals surface area contributed by atoms with Gasteiger partial charge in [-0.1, -0.05) is 18.2 Å². The van der Waals surface area contributed by atoms with Gasteiger partial charge in [-0.25, -0.2) is 8.78 Å². The highest BCUT2D eigenvalue weighted by molar-refractivity contribution is 6.17. The summed E-state index contributed by atoms with van der Waals surface area (Å²) in [6, 6.07) is 10.0. The van der Waals surface area contributed by atoms with Gasteiger partial charge in [-0.05, 0) is 18.2 Å². The Balaban J connectivity index is 2.34. The summed E-state index contributed by atoms with van der Waals surface area (Å²) in [6.07, 6.45) is 0. The third-order valence-electron chi connectivity index (χ3n) is 2.23. The molecular formula is C13H9ClF2O. The van der Waals surface area contributed by atoms with Crippen molar-refractivity contribution in [2.45, 2.75) is 5.88 Å². The third-order valence-corrected chi connectivity index (χ3v) is 2.52. The second kappa shape index (κ2) is 5.15. The van der Waals surface area contributed by atoms with E-state index in [4.69, 9.17) is 16.3 Å². The molecule has 0 aliphatic rings. The van der Waals surface area contributed by atoms with Crippen molar-refractivity contribution in [3.8, 4) is 11.5 Å². The molecule has 0 aromatic heterocycles. The Morgan fingerprint density at radius 2 is 1.76 bits per heavy atom. The van der Waals surface area contributed by atoms with Crippen molar-refractivity contribution in [3.63, 3.8) is 0 Å². The Morgan fingerprint density at radius 1 is 1.00 bits per heavy atom. The van der Waals surface area contributed by atoms with E-state index in [0.29, 0.717) is 5.75 Å². The Bertz CT molecular complexity index is 529. The van der Waals surface area contributed by atoms with Crippen LogP contribution in [0.15, 0.2) is 42.5 Å². The van der Waals surface area contributed by atoms with E-state index in [-0.39, 0.29) is 11.6 Å². The van der Waals surface area contributed by atoms with Crippen molar-refractivity contribution in [2.75, 3.05) is 0 Å². The largest absolute Gasteiger partial charge is 0.454 e. The number of hydrogen-bond donors (Lipinski definition) is 0. The van der Waals surface area contributed by atoms with Crippen LogP contribution in [0.3, 0.4) is 0 Å². The van der Waals surface area contributed by atoms with Gasteiger partial charge in [0.25, 0.3) is 0 Å². The molecule has 0 unspecified atom stereocenters. The van der Waals surface area contributed by atoms with Crippen LogP contribution in [0, 0.1) is 11.6 Å². The number of benzene rings is 2. The zero-order chi connectivity index (χ0) is 12.3. The SMILES string of the molecule is Fc1ccc(F)c(Oc2ccccc2CCl)c1. The minimum atomic E-state index is -0.615. The number of rotatable bonds is 3. The summed E-state index contributed by atoms with van der Waals surface area (Å²) in [5, 5.41) is 0. The van der Waals surface area contributed by atoms with Gasteiger partial charge in [-0.2, -0.15) is 0 Å². The lowest BCUT2D eigenvalue weighted by molar-refractivity contribution is 0.433. The summed E-state index contributed by atoms with van der Waals surface area (Å²) >= 11 is 5.72. The topological polar surface area (TPSA) is 9.23 Å². The van der Waals surface area contributed by atoms with Gasteiger partial charge >= 0.3 is 0 Å². The Hall–Kier alpha value is -1.61. The minimum Gasteiger partial charge on any atom is -0.454 e. The zero-order valence-electron chi connectivity index (χ0n) is 8.79. The molecule has 0 aliphatic carbocycles. The molecule has 0 spiro atoms. The lowest BCUT2D eigenvalue weighted by Crippen LogP contribution is -1.92. The summed E-state index contributed by atoms with van der Waals surface area (Å²) < 4.78 is 31.6. The van der Waals surface area contributed by atoms with Gasteiger partial charge in [-0.15, -0.1) is 11.6 Å². The van der Waals surface area contributed by atoms with Crippen LogP contribution in [0.5, 0.6) is 11.5 Å². The van der Waals surface area contributed by atoms with E-state index < -0.39 is 11.6 Å². The molecule has 0 bridgehead atoms. The van der Waals surface area contributed by atoms with Crippen molar-refractivity contribution in [1.82, 2.24) is 0 Å². The first-order valence-corrected chi connectivity index (χ1v) is 5.51. The summed E-state index contributed by atoms with van der Waals surface area (Å²) in [5.74, 6) is -0.650. The van der Waals surface area contributed by atoms with Crippen molar-refractivity contribution < 1.29 is 13.5 Å². The molecule has 17 heavy (non-hydrogen) atoms. The Labute approximate surface area is 103 Å². The number of alkyl halides is 1. The normalized spacial score (nSPS) is 10.3. The Kier molecular flexibility index (Phi) is 3.59. The smallest absolute Gasteiger partial charge is 0.165 e. The number of hydrogen-bond acceptors (Lipinski definition) is 1. The van der Waals surface area contributed by atoms with Crippen LogP contribution in [0.2, 0.25) is 0 Å². The summed E-state index contributed by atoms with van der Waals surface area (Å²) in [4.78, 5) is 0. The quantitative estimate of drug-likeness (QED) is 0.733. The van der Waals surface area contributed by atoms with Crippen molar-refractivity contribution >= 4 is 11.6 Å². The highest BCUT2D eigenvalue weighted by Crippen LogP contribution is 2.28. The summed E-state index contributed by atoms with van der Waals surface area (Å²) in [5.41, 5.74) is 0.720. The van der Waals surface area contributed by atoms with Crippen LogP contribution >= 0.6 is 11.6 Å². The van der Waals surface area contributed by atoms with E-state index in [1.165, 1.54) is 0 Å². The number of halogens is 3. The molecular weight excluding hydrogens is 246 g/mol. The van der Waals surface area contributed by atoms with Crippen molar-refractivity contribution in [1.29, 1.82) is 0 Å². The van der Waals surface area contributed by atoms with E-state index in [0.717, 1.165) is 23.8 Å². The molecule has 2 aromatic rings. The monoisotopic (exact) mass is 254 g/mol. The molecule has 0 aliphatic heterocycles. The molecule has 0 saturated heterocycles. The average molecular weight is 255 g/mol. The lowest BCUT2D eigenvalue weighted by atomic mass is 10.2. The molecule has 0 N–H and O–H groups in total. The first kappa shape index (κ1) is 11.9. The van der Waals surface area contributed by atoms with Gasteiger partial charge in [0.15, 0.2) is 11.6 Å². The fraction of sp³-hybridized carbons (Fsp3) is 0.0769. The molecule has 0 heterocycles. The van der Waals surface area contributed by atoms with Gasteiger partial charge in [0.2, 0.25) is 0 Å². The molecule has 2 rings (SSSR count). The van der Waals surface area contributed by atoms with Gasteiger partial charge in [0.05, 0.1) is 5.88 Å². The van der Waals surface area contributed by atoms with E-state index in [1.807, 2.05) is 0 Å². The second-order valence-electron chi connectivity index (χ2n) is 3.42. The van der Waals surface area contributed by atoms with Gasteiger partial charge < -0.3 is 4.74 Å². The van der Waals surface area contributed by atoms with Crippen molar-refractivity contribution in [3.05, 3.63) is 59.7 Å². The van der Waals surface area contributed by atoms with Crippen LogP contribution in [-0.2, 0) is 5.88 Å². The first-order valence-electron chi connectivity index (χ1n) is 4.97. The van der Waals surface area contributed by atoms with Gasteiger partial charge in [0, 0.05) is 11.6 Å². The molecule has 88 valence electrons. The highest BCUT2D eigenvalue weighted by atomic mass is 35.5. The van der Waals surface area contributed by atoms with Gasteiger partial charge in [0.1, 0.15) is 11.6 Å². The highest BCUT2D eigenvalue weighted by Gasteiger charge is 2.08. The summed E-state index contributed by atoms with van der Waals surface area (Å²) in [6.45, 7) is 0. The first-order chi connectivity index (χ1) is 8.20. The summed E-state index contributed by atoms with van der Waals surface area (Å²) in [7, 11) is 0. The zero-order valence-corrected chi connectivity index (χ0v) is 9.55. The van der Waals surface area contributed by atoms with Crippen molar-refractivity contribution in [2.24, 2.45) is 0 Å². The third kappa shape index (κ3) is 2.74. The maximum Gasteiger partial charge on any atom is 0.165 e. The Morgan fingerprint density at radius 3 is 2.53 bits per heavy atom. The number of para-hydroxylation sites is 1. The maximum absolute atomic E-state index is 13.4. The lowest BCUT2D eigenvalue weighted by Gasteiger charge is -2.09. The standard InChI is InChI=1S/C13H9ClF2O/c14-8-9-3-1-2-4-12(9)17-13-7-10(15)5-6-11(13)16/h1-7H,8H2. The van der Waals surface area contributed by atoms with E-state index in [9.17, 15) is 8.78 Å². The molecule has 2 aromatic carbocycles. The van der Waals surface area contributed by atoms with Crippen LogP contribution in [0.25, 0.3) is 0 Å². The van der Waals surface area contributed by atoms with Crippen LogP contribution < -0.4 is 4.74 Å². The van der Waals surface area contributed by atoms with Crippen LogP contribution in [0.1, 0.15) is 5.56 Å². The fourth-order valence-electron chi connectivity index (χ4n) is 1.39. The van der Waals surface area contributed by atoms with Crippen LogP contribution in [-0.4, -0.2) is 0 Å². The number of ether oxygens (including phenoxy) is 1. The minimum absolute atomic E-state index is 0.150. The van der Waals surface area contributed by atoms with Gasteiger partial charge in [-0.3, -0.25) is 0 Å². The van der Waals surface area contributed by atoms with Crippen LogP contribution in [0.4, 0.5) is 8.78 Å². The molecule has 4 heteroatoms. The van der Waals surface area contributed by atoms with E-state index in [1.54, 1.807) is 24.3 Å². The predicted octanol–water partition coefficient (Wildman–Crippen LogP) is 4.50. The average Bonchev–Trinajstić information content (AvgIpc) is 2.34. The maximum atomic E-state index is 13.4. The van der Waals surface area contributed by atoms with E-state index >= 15 is 0 Å². The molecule has 0 amide bonds. The molecule has 0 radical (unpaired) electrons. The fourth-order valence-corrected chi connectivity index (χ4v) is 1.61. The van der Waals surface area contributed by atoms with E-state index in [2.05, 4.69) is 0 Å². The molecule has 0 saturated carbocycles. The molecule has 1 nitrogen and oxygen atoms in total. The molecule has 0 atom stereocenters. The second-order valence-corrected chi connectivity index (χ2v) is 3.69. The molecule has 0 fully saturated rings.